The van der Waals surface area contributed by atoms with Gasteiger partial charge in [-0.3, -0.25) is 0 Å². The topological polar surface area (TPSA) is 0 Å². The maximum absolute atomic E-state index is 6.22. The zero-order chi connectivity index (χ0) is 12.0. The Balaban J connectivity index is 2.67. The van der Waals surface area contributed by atoms with E-state index in [1.807, 2.05) is 0 Å². The van der Waals surface area contributed by atoms with Crippen LogP contribution in [0, 0.1) is 0 Å². The molecule has 0 spiro atoms. The molecule has 4 atom stereocenters. The molecule has 4 unspecified atom stereocenters. The first-order chi connectivity index (χ1) is 7.45. The lowest BCUT2D eigenvalue weighted by Crippen LogP contribution is -2.31. The lowest BCUT2D eigenvalue weighted by atomic mass is 9.90. The Labute approximate surface area is 124 Å². The minimum Gasteiger partial charge on any atom is -0.119 e. The molecule has 0 aliphatic heterocycles. The van der Waals surface area contributed by atoms with Crippen molar-refractivity contribution >= 4 is 69.6 Å². The lowest BCUT2D eigenvalue weighted by molar-refractivity contribution is 0.668. The molecule has 0 aromatic heterocycles. The molecule has 0 nitrogen and oxygen atoms in total. The summed E-state index contributed by atoms with van der Waals surface area (Å²) in [5.41, 5.74) is 1.38. The summed E-state index contributed by atoms with van der Waals surface area (Å²) in [5, 5.41) is -0.900. The summed E-state index contributed by atoms with van der Waals surface area (Å²) < 4.78 is 0. The van der Waals surface area contributed by atoms with Crippen LogP contribution < -0.4 is 0 Å². The van der Waals surface area contributed by atoms with Gasteiger partial charge in [-0.2, -0.15) is 0 Å². The summed E-state index contributed by atoms with van der Waals surface area (Å²) in [5.74, 6) is 0. The fourth-order valence-corrected chi connectivity index (χ4v) is 3.94. The number of alkyl halides is 4. The Hall–Kier alpha value is 0.960. The third-order valence-corrected chi connectivity index (χ3v) is 5.67. The maximum Gasteiger partial charge on any atom is 0.0782 e. The van der Waals surface area contributed by atoms with Crippen molar-refractivity contribution in [3.8, 4) is 0 Å². The third-order valence-electron chi connectivity index (χ3n) is 2.60. The van der Waals surface area contributed by atoms with Crippen LogP contribution in [0.1, 0.15) is 21.9 Å². The van der Waals surface area contributed by atoms with Crippen molar-refractivity contribution in [2.75, 3.05) is 0 Å². The molecule has 1 aromatic carbocycles. The second kappa shape index (κ2) is 4.91. The number of hydrogen-bond acceptors (Lipinski definition) is 0. The van der Waals surface area contributed by atoms with Crippen LogP contribution >= 0.6 is 69.6 Å². The van der Waals surface area contributed by atoms with Crippen molar-refractivity contribution in [2.24, 2.45) is 0 Å². The van der Waals surface area contributed by atoms with Crippen molar-refractivity contribution in [3.05, 3.63) is 33.3 Å². The van der Waals surface area contributed by atoms with Gasteiger partial charge in [0.05, 0.1) is 21.5 Å². The van der Waals surface area contributed by atoms with E-state index in [1.54, 1.807) is 12.1 Å². The molecule has 1 aliphatic rings. The molecule has 0 fully saturated rings. The molecular weight excluding hydrogens is 333 g/mol. The second-order valence-electron chi connectivity index (χ2n) is 3.55. The van der Waals surface area contributed by atoms with Gasteiger partial charge in [-0.1, -0.05) is 23.2 Å². The van der Waals surface area contributed by atoms with E-state index in [1.165, 1.54) is 0 Å². The predicted molar refractivity (Wildman–Crippen MR) is 72.9 cm³/mol. The summed E-state index contributed by atoms with van der Waals surface area (Å²) in [7, 11) is 0. The highest BCUT2D eigenvalue weighted by molar-refractivity contribution is 6.42. The van der Waals surface area contributed by atoms with E-state index < -0.39 is 21.5 Å². The molecule has 2 rings (SSSR count). The molecule has 0 N–H and O–H groups in total. The largest absolute Gasteiger partial charge is 0.119 e. The SMILES string of the molecule is Clc1ccc(Cl)c2c1C(Cl)C(Cl)C(Cl)C2Cl. The zero-order valence-corrected chi connectivity index (χ0v) is 12.3. The number of halogens is 6. The monoisotopic (exact) mass is 336 g/mol. The van der Waals surface area contributed by atoms with E-state index >= 15 is 0 Å². The summed E-state index contributed by atoms with van der Waals surface area (Å²) in [4.78, 5) is 0. The van der Waals surface area contributed by atoms with Gasteiger partial charge in [0.25, 0.3) is 0 Å². The van der Waals surface area contributed by atoms with Gasteiger partial charge < -0.3 is 0 Å². The molecular formula is C10H6Cl6. The quantitative estimate of drug-likeness (QED) is 0.526. The minimum atomic E-state index is -0.486. The molecule has 1 aliphatic carbocycles. The van der Waals surface area contributed by atoms with Crippen molar-refractivity contribution in [1.82, 2.24) is 0 Å². The van der Waals surface area contributed by atoms with Gasteiger partial charge in [0.2, 0.25) is 0 Å². The van der Waals surface area contributed by atoms with Gasteiger partial charge in [-0.05, 0) is 23.3 Å². The minimum absolute atomic E-state index is 0.478. The number of benzene rings is 1. The van der Waals surface area contributed by atoms with E-state index in [9.17, 15) is 0 Å². The van der Waals surface area contributed by atoms with Crippen LogP contribution in [0.2, 0.25) is 10.0 Å². The van der Waals surface area contributed by atoms with E-state index in [0.717, 1.165) is 0 Å². The Morgan fingerprint density at radius 2 is 1.00 bits per heavy atom. The fourth-order valence-electron chi connectivity index (χ4n) is 1.79. The zero-order valence-electron chi connectivity index (χ0n) is 7.73. The first-order valence-corrected chi connectivity index (χ1v) is 6.99. The smallest absolute Gasteiger partial charge is 0.0782 e. The maximum atomic E-state index is 6.22. The third kappa shape index (κ3) is 2.02. The molecule has 0 saturated carbocycles. The van der Waals surface area contributed by atoms with Gasteiger partial charge in [0, 0.05) is 10.0 Å². The van der Waals surface area contributed by atoms with Crippen LogP contribution in [-0.2, 0) is 0 Å². The van der Waals surface area contributed by atoms with E-state index in [2.05, 4.69) is 0 Å². The number of hydrogen-bond donors (Lipinski definition) is 0. The molecule has 0 bridgehead atoms. The van der Waals surface area contributed by atoms with Gasteiger partial charge in [0.15, 0.2) is 0 Å². The van der Waals surface area contributed by atoms with Crippen molar-refractivity contribution in [2.45, 2.75) is 21.5 Å². The fraction of sp³-hybridized carbons (Fsp3) is 0.400. The van der Waals surface area contributed by atoms with Gasteiger partial charge in [-0.25, -0.2) is 0 Å². The molecule has 0 saturated heterocycles. The molecule has 0 radical (unpaired) electrons. The van der Waals surface area contributed by atoms with Crippen LogP contribution in [0.4, 0.5) is 0 Å². The van der Waals surface area contributed by atoms with Crippen LogP contribution in [0.5, 0.6) is 0 Å². The molecule has 6 heteroatoms. The summed E-state index contributed by atoms with van der Waals surface area (Å²) in [6, 6.07) is 3.36. The molecule has 1 aromatic rings. The lowest BCUT2D eigenvalue weighted by Gasteiger charge is -2.34. The summed E-state index contributed by atoms with van der Waals surface area (Å²) in [6.45, 7) is 0. The van der Waals surface area contributed by atoms with Crippen molar-refractivity contribution in [1.29, 1.82) is 0 Å². The van der Waals surface area contributed by atoms with E-state index in [0.29, 0.717) is 21.2 Å². The highest BCUT2D eigenvalue weighted by Gasteiger charge is 2.41. The van der Waals surface area contributed by atoms with Gasteiger partial charge in [0.1, 0.15) is 0 Å². The molecule has 0 amide bonds. The molecule has 0 heterocycles. The number of rotatable bonds is 0. The second-order valence-corrected chi connectivity index (χ2v) is 6.31. The number of fused-ring (bicyclic) bond motifs is 1. The highest BCUT2D eigenvalue weighted by Crippen LogP contribution is 2.52. The van der Waals surface area contributed by atoms with Crippen molar-refractivity contribution < 1.29 is 0 Å². The summed E-state index contributed by atoms with van der Waals surface area (Å²) in [6.07, 6.45) is 0. The molecule has 16 heavy (non-hydrogen) atoms. The van der Waals surface area contributed by atoms with Crippen LogP contribution in [-0.4, -0.2) is 10.8 Å². The summed E-state index contributed by atoms with van der Waals surface area (Å²) >= 11 is 36.8. The molecule has 88 valence electrons. The van der Waals surface area contributed by atoms with E-state index in [-0.39, 0.29) is 0 Å². The highest BCUT2D eigenvalue weighted by atomic mass is 35.5. The Kier molecular flexibility index (Phi) is 4.11. The first kappa shape index (κ1) is 13.4. The predicted octanol–water partition coefficient (Wildman–Crippen LogP) is 5.78. The van der Waals surface area contributed by atoms with Gasteiger partial charge in [-0.15, -0.1) is 46.4 Å². The average Bonchev–Trinajstić information content (AvgIpc) is 2.26. The van der Waals surface area contributed by atoms with Crippen LogP contribution in [0.3, 0.4) is 0 Å². The normalized spacial score (nSPS) is 33.6. The van der Waals surface area contributed by atoms with Crippen LogP contribution in [0.25, 0.3) is 0 Å². The van der Waals surface area contributed by atoms with Crippen LogP contribution in [0.15, 0.2) is 12.1 Å². The van der Waals surface area contributed by atoms with Gasteiger partial charge >= 0.3 is 0 Å². The first-order valence-electron chi connectivity index (χ1n) is 4.49. The Morgan fingerprint density at radius 1 is 0.688 bits per heavy atom. The Bertz CT molecular complexity index is 379. The van der Waals surface area contributed by atoms with E-state index in [4.69, 9.17) is 69.6 Å². The van der Waals surface area contributed by atoms with Crippen molar-refractivity contribution in [3.63, 3.8) is 0 Å². The Morgan fingerprint density at radius 3 is 1.31 bits per heavy atom. The standard InChI is InChI=1S/C10H6Cl6/c11-3-1-2-4(12)6-5(3)7(13)9(15)10(16)8(6)14/h1-2,7-10H. The average molecular weight is 339 g/mol.